The molecule has 1 aliphatic heterocycles. The fourth-order valence-corrected chi connectivity index (χ4v) is 4.58. The van der Waals surface area contributed by atoms with Crippen LogP contribution in [0, 0.1) is 6.92 Å². The predicted molar refractivity (Wildman–Crippen MR) is 99.5 cm³/mol. The van der Waals surface area contributed by atoms with Crippen molar-refractivity contribution in [3.63, 3.8) is 0 Å². The quantitative estimate of drug-likeness (QED) is 0.516. The van der Waals surface area contributed by atoms with E-state index in [0.29, 0.717) is 25.1 Å². The molecule has 1 aromatic rings. The van der Waals surface area contributed by atoms with Crippen LogP contribution < -0.4 is 0 Å². The van der Waals surface area contributed by atoms with E-state index in [9.17, 15) is 18.0 Å². The molecule has 1 aromatic carbocycles. The fraction of sp³-hybridized carbons (Fsp3) is 0.474. The first-order valence-electron chi connectivity index (χ1n) is 8.85. The van der Waals surface area contributed by atoms with Gasteiger partial charge in [0.05, 0.1) is 25.0 Å². The minimum Gasteiger partial charge on any atom is -0.466 e. The predicted octanol–water partition coefficient (Wildman–Crippen LogP) is 2.20. The van der Waals surface area contributed by atoms with E-state index in [2.05, 4.69) is 0 Å². The average Bonchev–Trinajstić information content (AvgIpc) is 3.08. The zero-order valence-corrected chi connectivity index (χ0v) is 16.7. The van der Waals surface area contributed by atoms with Crippen molar-refractivity contribution in [3.8, 4) is 0 Å². The van der Waals surface area contributed by atoms with Crippen molar-refractivity contribution in [3.05, 3.63) is 40.4 Å². The number of carbonyl (C=O) groups is 2. The number of rotatable bonds is 7. The number of likely N-dealkylation sites (tertiary alicyclic amines) is 1. The monoisotopic (exact) mass is 395 g/mol. The molecule has 27 heavy (non-hydrogen) atoms. The second kappa shape index (κ2) is 9.03. The topological polar surface area (TPSA) is 90.0 Å². The summed E-state index contributed by atoms with van der Waals surface area (Å²) in [5.74, 6) is -1.25. The lowest BCUT2D eigenvalue weighted by molar-refractivity contribution is -0.143. The Labute approximate surface area is 159 Å². The van der Waals surface area contributed by atoms with Gasteiger partial charge in [-0.3, -0.25) is 4.79 Å². The van der Waals surface area contributed by atoms with Crippen LogP contribution >= 0.6 is 0 Å². The van der Waals surface area contributed by atoms with Gasteiger partial charge < -0.3 is 14.4 Å². The van der Waals surface area contributed by atoms with E-state index in [0.717, 1.165) is 12.7 Å². The van der Waals surface area contributed by atoms with Crippen LogP contribution in [-0.2, 0) is 28.9 Å². The Hall–Kier alpha value is -2.35. The molecule has 0 aliphatic carbocycles. The Kier molecular flexibility index (Phi) is 7.01. The van der Waals surface area contributed by atoms with Crippen LogP contribution in [0.1, 0.15) is 31.7 Å². The van der Waals surface area contributed by atoms with Crippen molar-refractivity contribution < 1.29 is 27.5 Å². The number of aryl methyl sites for hydroxylation is 1. The summed E-state index contributed by atoms with van der Waals surface area (Å²) in [4.78, 5) is 25.5. The molecule has 7 nitrogen and oxygen atoms in total. The molecule has 0 amide bonds. The first kappa shape index (κ1) is 21.0. The first-order valence-corrected chi connectivity index (χ1v) is 10.3. The number of sulfone groups is 1. The number of nitrogens with zero attached hydrogens (tertiary/aromatic N) is 1. The highest BCUT2D eigenvalue weighted by Crippen LogP contribution is 2.31. The Morgan fingerprint density at radius 2 is 1.85 bits per heavy atom. The highest BCUT2D eigenvalue weighted by Gasteiger charge is 2.35. The summed E-state index contributed by atoms with van der Waals surface area (Å²) in [6, 6.07) is 6.32. The molecule has 148 valence electrons. The Morgan fingerprint density at radius 1 is 1.19 bits per heavy atom. The van der Waals surface area contributed by atoms with Gasteiger partial charge in [-0.1, -0.05) is 17.7 Å². The van der Waals surface area contributed by atoms with Crippen molar-refractivity contribution in [2.45, 2.75) is 38.0 Å². The lowest BCUT2D eigenvalue weighted by Gasteiger charge is -2.22. The second-order valence-corrected chi connectivity index (χ2v) is 8.12. The molecule has 1 heterocycles. The normalized spacial score (nSPS) is 16.2. The molecule has 2 rings (SSSR count). The van der Waals surface area contributed by atoms with Crippen molar-refractivity contribution in [2.75, 3.05) is 26.8 Å². The van der Waals surface area contributed by atoms with E-state index in [1.165, 1.54) is 12.1 Å². The van der Waals surface area contributed by atoms with Gasteiger partial charge in [-0.25, -0.2) is 13.2 Å². The van der Waals surface area contributed by atoms with Gasteiger partial charge in [0.1, 0.15) is 0 Å². The summed E-state index contributed by atoms with van der Waals surface area (Å²) in [7, 11) is -2.89. The zero-order valence-electron chi connectivity index (χ0n) is 15.9. The molecule has 8 heteroatoms. The number of esters is 2. The smallest absolute Gasteiger partial charge is 0.351 e. The van der Waals surface area contributed by atoms with Gasteiger partial charge in [-0.05, 0) is 38.8 Å². The number of benzene rings is 1. The summed E-state index contributed by atoms with van der Waals surface area (Å²) in [6.45, 7) is 4.72. The van der Waals surface area contributed by atoms with Gasteiger partial charge in [0, 0.05) is 18.8 Å². The van der Waals surface area contributed by atoms with Crippen LogP contribution in [-0.4, -0.2) is 52.1 Å². The summed E-state index contributed by atoms with van der Waals surface area (Å²) in [5.41, 5.74) is 1.31. The summed E-state index contributed by atoms with van der Waals surface area (Å²) in [5, 5.41) is 0. The van der Waals surface area contributed by atoms with E-state index in [-0.39, 0.29) is 35.3 Å². The highest BCUT2D eigenvalue weighted by atomic mass is 32.2. The molecule has 0 radical (unpaired) electrons. The molecule has 0 saturated carbocycles. The van der Waals surface area contributed by atoms with E-state index in [4.69, 9.17) is 9.47 Å². The average molecular weight is 395 g/mol. The largest absolute Gasteiger partial charge is 0.466 e. The molecule has 1 fully saturated rings. The molecule has 0 spiro atoms. The zero-order chi connectivity index (χ0) is 20.0. The number of hydrogen-bond acceptors (Lipinski definition) is 7. The number of hydrogen-bond donors (Lipinski definition) is 0. The fourth-order valence-electron chi connectivity index (χ4n) is 3.00. The van der Waals surface area contributed by atoms with Gasteiger partial charge in [0.25, 0.3) is 0 Å². The van der Waals surface area contributed by atoms with E-state index < -0.39 is 15.8 Å². The molecule has 0 atom stereocenters. The van der Waals surface area contributed by atoms with Gasteiger partial charge in [0.2, 0.25) is 9.84 Å². The van der Waals surface area contributed by atoms with Crippen LogP contribution in [0.4, 0.5) is 0 Å². The van der Waals surface area contributed by atoms with Gasteiger partial charge >= 0.3 is 11.9 Å². The van der Waals surface area contributed by atoms with Crippen molar-refractivity contribution >= 4 is 21.8 Å². The van der Waals surface area contributed by atoms with Crippen molar-refractivity contribution in [1.82, 2.24) is 4.90 Å². The first-order chi connectivity index (χ1) is 12.8. The Balaban J connectivity index is 2.42. The second-order valence-electron chi connectivity index (χ2n) is 6.23. The number of carbonyl (C=O) groups excluding carboxylic acids is 2. The molecule has 1 aliphatic rings. The molecule has 0 bridgehead atoms. The van der Waals surface area contributed by atoms with Crippen LogP contribution in [0.5, 0.6) is 0 Å². The maximum absolute atomic E-state index is 13.1. The summed E-state index contributed by atoms with van der Waals surface area (Å²) >= 11 is 0. The van der Waals surface area contributed by atoms with E-state index >= 15 is 0 Å². The van der Waals surface area contributed by atoms with Crippen molar-refractivity contribution in [1.29, 1.82) is 0 Å². The maximum Gasteiger partial charge on any atom is 0.351 e. The third-order valence-corrected chi connectivity index (χ3v) is 6.18. The maximum atomic E-state index is 13.1. The van der Waals surface area contributed by atoms with Gasteiger partial charge in [-0.2, -0.15) is 0 Å². The molecule has 0 unspecified atom stereocenters. The third kappa shape index (κ3) is 4.88. The number of allylic oxidation sites excluding steroid dienone is 1. The lowest BCUT2D eigenvalue weighted by Crippen LogP contribution is -2.27. The lowest BCUT2D eigenvalue weighted by atomic mass is 10.2. The van der Waals surface area contributed by atoms with Crippen LogP contribution in [0.2, 0.25) is 0 Å². The Morgan fingerprint density at radius 3 is 2.44 bits per heavy atom. The van der Waals surface area contributed by atoms with Crippen LogP contribution in [0.15, 0.2) is 39.8 Å². The van der Waals surface area contributed by atoms with Gasteiger partial charge in [-0.15, -0.1) is 0 Å². The third-order valence-electron chi connectivity index (χ3n) is 4.35. The molecule has 1 saturated heterocycles. The summed E-state index contributed by atoms with van der Waals surface area (Å²) in [6.07, 6.45) is 1.25. The summed E-state index contributed by atoms with van der Waals surface area (Å²) < 4.78 is 36.0. The molecule has 0 aromatic heterocycles. The number of ether oxygens (including phenoxy) is 2. The minimum absolute atomic E-state index is 0.0400. The Bertz CT molecular complexity index is 826. The van der Waals surface area contributed by atoms with Crippen molar-refractivity contribution in [2.24, 2.45) is 0 Å². The standard InChI is InChI=1S/C19H25NO6S/c1-4-26-17(21)11-13-20-12-5-6-16(20)18(19(22)25-3)27(23,24)15-9-7-14(2)8-10-15/h7-10H,4-6,11-13H2,1-3H3/b18-16+. The van der Waals surface area contributed by atoms with Crippen LogP contribution in [0.25, 0.3) is 0 Å². The molecular formula is C19H25NO6S. The molecule has 0 N–H and O–H groups in total. The van der Waals surface area contributed by atoms with E-state index in [1.54, 1.807) is 24.0 Å². The minimum atomic E-state index is -4.05. The van der Waals surface area contributed by atoms with Gasteiger partial charge in [0.15, 0.2) is 4.91 Å². The molecular weight excluding hydrogens is 370 g/mol. The highest BCUT2D eigenvalue weighted by molar-refractivity contribution is 7.96. The van der Waals surface area contributed by atoms with Crippen LogP contribution in [0.3, 0.4) is 0 Å². The van der Waals surface area contributed by atoms with E-state index in [1.807, 2.05) is 6.92 Å². The SMILES string of the molecule is CCOC(=O)CCN1CCC/C1=C(/C(=O)OC)S(=O)(=O)c1ccc(C)cc1. The number of methoxy groups -OCH3 is 1.